The number of nitrogens with one attached hydrogen (secondary N) is 1. The number of carbonyl (C=O) groups excluding carboxylic acids is 1. The number of rotatable bonds is 3. The fourth-order valence-electron chi connectivity index (χ4n) is 3.08. The third kappa shape index (κ3) is 4.20. The fraction of sp³-hybridized carbons (Fsp3) is 0.316. The Morgan fingerprint density at radius 3 is 2.56 bits per heavy atom. The highest BCUT2D eigenvalue weighted by molar-refractivity contribution is 5.93. The van der Waals surface area contributed by atoms with Crippen molar-refractivity contribution in [3.8, 4) is 0 Å². The number of aryl methyl sites for hydroxylation is 1. The molecule has 0 saturated carbocycles. The van der Waals surface area contributed by atoms with Gasteiger partial charge in [-0.05, 0) is 47.7 Å². The molecule has 2 aromatic rings. The molecule has 1 aliphatic carbocycles. The van der Waals surface area contributed by atoms with Gasteiger partial charge in [-0.2, -0.15) is 13.2 Å². The van der Waals surface area contributed by atoms with E-state index in [0.29, 0.717) is 24.1 Å². The first-order valence-corrected chi connectivity index (χ1v) is 8.08. The van der Waals surface area contributed by atoms with Gasteiger partial charge in [-0.25, -0.2) is 0 Å². The van der Waals surface area contributed by atoms with Crippen LogP contribution in [0, 0.1) is 0 Å². The third-order valence-corrected chi connectivity index (χ3v) is 4.38. The maximum atomic E-state index is 12.6. The molecule has 2 aromatic carbocycles. The van der Waals surface area contributed by atoms with Crippen molar-refractivity contribution in [3.63, 3.8) is 0 Å². The predicted octanol–water partition coefficient (Wildman–Crippen LogP) is 3.74. The molecule has 1 atom stereocenters. The molecule has 0 aromatic heterocycles. The lowest BCUT2D eigenvalue weighted by Gasteiger charge is -2.23. The van der Waals surface area contributed by atoms with Crippen LogP contribution in [0.4, 0.5) is 18.9 Å². The number of anilines is 1. The average molecular weight is 349 g/mol. The molecule has 132 valence electrons. The van der Waals surface area contributed by atoms with Gasteiger partial charge in [0.05, 0.1) is 18.1 Å². The number of amides is 1. The Kier molecular flexibility index (Phi) is 4.81. The van der Waals surface area contributed by atoms with Gasteiger partial charge >= 0.3 is 6.18 Å². The zero-order valence-electron chi connectivity index (χ0n) is 13.4. The van der Waals surface area contributed by atoms with Crippen LogP contribution in [-0.2, 0) is 30.2 Å². The van der Waals surface area contributed by atoms with E-state index >= 15 is 0 Å². The summed E-state index contributed by atoms with van der Waals surface area (Å²) in [6.45, 7) is 0. The summed E-state index contributed by atoms with van der Waals surface area (Å²) < 4.78 is 37.7. The SMILES string of the molecule is O=C(Cc1ccc(C(F)(F)F)cc1)Nc1cccc2c1CC(O)CC2. The lowest BCUT2D eigenvalue weighted by molar-refractivity contribution is -0.137. The molecular formula is C19H18F3NO2. The van der Waals surface area contributed by atoms with Crippen molar-refractivity contribution in [1.29, 1.82) is 0 Å². The van der Waals surface area contributed by atoms with Gasteiger partial charge in [-0.15, -0.1) is 0 Å². The van der Waals surface area contributed by atoms with Crippen LogP contribution in [0.3, 0.4) is 0 Å². The Bertz CT molecular complexity index is 769. The number of hydrogen-bond donors (Lipinski definition) is 2. The summed E-state index contributed by atoms with van der Waals surface area (Å²) in [6.07, 6.45) is -2.85. The zero-order chi connectivity index (χ0) is 18.0. The van der Waals surface area contributed by atoms with Crippen molar-refractivity contribution in [2.24, 2.45) is 0 Å². The predicted molar refractivity (Wildman–Crippen MR) is 88.3 cm³/mol. The van der Waals surface area contributed by atoms with Crippen LogP contribution in [0.2, 0.25) is 0 Å². The van der Waals surface area contributed by atoms with E-state index in [-0.39, 0.29) is 12.3 Å². The third-order valence-electron chi connectivity index (χ3n) is 4.38. The van der Waals surface area contributed by atoms with E-state index in [1.807, 2.05) is 12.1 Å². The number of aliphatic hydroxyl groups excluding tert-OH is 1. The Labute approximate surface area is 143 Å². The minimum atomic E-state index is -4.38. The molecule has 3 rings (SSSR count). The van der Waals surface area contributed by atoms with E-state index < -0.39 is 17.8 Å². The smallest absolute Gasteiger partial charge is 0.393 e. The molecule has 0 fully saturated rings. The lowest BCUT2D eigenvalue weighted by Crippen LogP contribution is -2.22. The van der Waals surface area contributed by atoms with E-state index in [1.54, 1.807) is 6.07 Å². The van der Waals surface area contributed by atoms with Crippen LogP contribution in [0.15, 0.2) is 42.5 Å². The quantitative estimate of drug-likeness (QED) is 0.887. The maximum Gasteiger partial charge on any atom is 0.416 e. The van der Waals surface area contributed by atoms with Crippen molar-refractivity contribution in [2.45, 2.75) is 38.0 Å². The van der Waals surface area contributed by atoms with Crippen molar-refractivity contribution in [2.75, 3.05) is 5.32 Å². The molecule has 25 heavy (non-hydrogen) atoms. The summed E-state index contributed by atoms with van der Waals surface area (Å²) in [4.78, 5) is 12.2. The summed E-state index contributed by atoms with van der Waals surface area (Å²) in [7, 11) is 0. The Balaban J connectivity index is 1.69. The van der Waals surface area contributed by atoms with Gasteiger partial charge in [0.1, 0.15) is 0 Å². The number of hydrogen-bond acceptors (Lipinski definition) is 2. The number of halogens is 3. The molecule has 0 saturated heterocycles. The number of fused-ring (bicyclic) bond motifs is 1. The molecule has 6 heteroatoms. The maximum absolute atomic E-state index is 12.6. The largest absolute Gasteiger partial charge is 0.416 e. The summed E-state index contributed by atoms with van der Waals surface area (Å²) in [5, 5.41) is 12.6. The minimum Gasteiger partial charge on any atom is -0.393 e. The highest BCUT2D eigenvalue weighted by atomic mass is 19.4. The number of benzene rings is 2. The molecule has 1 unspecified atom stereocenters. The first-order valence-electron chi connectivity index (χ1n) is 8.08. The van der Waals surface area contributed by atoms with Crippen molar-refractivity contribution in [3.05, 3.63) is 64.7 Å². The lowest BCUT2D eigenvalue weighted by atomic mass is 9.88. The molecule has 0 aliphatic heterocycles. The summed E-state index contributed by atoms with van der Waals surface area (Å²) in [6, 6.07) is 10.2. The summed E-state index contributed by atoms with van der Waals surface area (Å²) in [5.74, 6) is -0.298. The second kappa shape index (κ2) is 6.88. The molecule has 2 N–H and O–H groups in total. The van der Waals surface area contributed by atoms with Crippen LogP contribution >= 0.6 is 0 Å². The highest BCUT2D eigenvalue weighted by Crippen LogP contribution is 2.30. The molecule has 0 bridgehead atoms. The fourth-order valence-corrected chi connectivity index (χ4v) is 3.08. The second-order valence-electron chi connectivity index (χ2n) is 6.26. The van der Waals surface area contributed by atoms with E-state index in [2.05, 4.69) is 5.32 Å². The van der Waals surface area contributed by atoms with Gasteiger partial charge in [-0.3, -0.25) is 4.79 Å². The Morgan fingerprint density at radius 2 is 1.88 bits per heavy atom. The van der Waals surface area contributed by atoms with Crippen molar-refractivity contribution < 1.29 is 23.1 Å². The minimum absolute atomic E-state index is 0.00957. The molecule has 0 heterocycles. The second-order valence-corrected chi connectivity index (χ2v) is 6.26. The Morgan fingerprint density at radius 1 is 1.16 bits per heavy atom. The van der Waals surface area contributed by atoms with Crippen molar-refractivity contribution in [1.82, 2.24) is 0 Å². The first kappa shape index (κ1) is 17.5. The highest BCUT2D eigenvalue weighted by Gasteiger charge is 2.30. The van der Waals surface area contributed by atoms with E-state index in [0.717, 1.165) is 29.7 Å². The number of carbonyl (C=O) groups is 1. The number of aliphatic hydroxyl groups is 1. The average Bonchev–Trinajstić information content (AvgIpc) is 2.55. The van der Waals surface area contributed by atoms with Gasteiger partial charge in [-0.1, -0.05) is 24.3 Å². The standard InChI is InChI=1S/C19H18F3NO2/c20-19(21,22)14-7-4-12(5-8-14)10-18(25)23-17-3-1-2-13-6-9-15(24)11-16(13)17/h1-5,7-8,15,24H,6,9-11H2,(H,23,25). The summed E-state index contributed by atoms with van der Waals surface area (Å²) >= 11 is 0. The van der Waals surface area contributed by atoms with Gasteiger partial charge in [0.15, 0.2) is 0 Å². The molecular weight excluding hydrogens is 331 g/mol. The van der Waals surface area contributed by atoms with E-state index in [4.69, 9.17) is 0 Å². The van der Waals surface area contributed by atoms with Crippen LogP contribution in [0.1, 0.15) is 28.7 Å². The molecule has 3 nitrogen and oxygen atoms in total. The normalized spacial score (nSPS) is 17.0. The molecule has 1 aliphatic rings. The van der Waals surface area contributed by atoms with Crippen LogP contribution in [0.5, 0.6) is 0 Å². The Hall–Kier alpha value is -2.34. The number of alkyl halides is 3. The van der Waals surface area contributed by atoms with Crippen LogP contribution in [-0.4, -0.2) is 17.1 Å². The van der Waals surface area contributed by atoms with Crippen molar-refractivity contribution >= 4 is 11.6 Å². The summed E-state index contributed by atoms with van der Waals surface area (Å²) in [5.41, 5.74) is 2.48. The first-order chi connectivity index (χ1) is 11.8. The van der Waals surface area contributed by atoms with Gasteiger partial charge in [0, 0.05) is 12.1 Å². The van der Waals surface area contributed by atoms with Crippen LogP contribution < -0.4 is 5.32 Å². The van der Waals surface area contributed by atoms with E-state index in [9.17, 15) is 23.1 Å². The molecule has 0 radical (unpaired) electrons. The van der Waals surface area contributed by atoms with E-state index in [1.165, 1.54) is 12.1 Å². The topological polar surface area (TPSA) is 49.3 Å². The van der Waals surface area contributed by atoms with Crippen LogP contribution in [0.25, 0.3) is 0 Å². The molecule has 0 spiro atoms. The van der Waals surface area contributed by atoms with Gasteiger partial charge in [0.2, 0.25) is 5.91 Å². The zero-order valence-corrected chi connectivity index (χ0v) is 13.4. The van der Waals surface area contributed by atoms with Gasteiger partial charge in [0.25, 0.3) is 0 Å². The monoisotopic (exact) mass is 349 g/mol. The molecule has 1 amide bonds. The van der Waals surface area contributed by atoms with Gasteiger partial charge < -0.3 is 10.4 Å².